The number of nitrogens with two attached hydrogens (primary N) is 1. The number of unbranched alkanes of at least 4 members (excludes halogenated alkanes) is 1. The number of carbonyl (C=O) groups is 2. The Morgan fingerprint density at radius 1 is 0.980 bits per heavy atom. The van der Waals surface area contributed by atoms with E-state index in [-0.39, 0.29) is 10.8 Å². The van der Waals surface area contributed by atoms with Gasteiger partial charge in [-0.15, -0.1) is 0 Å². The zero-order chi connectivity index (χ0) is 35.8. The van der Waals surface area contributed by atoms with Crippen molar-refractivity contribution in [1.29, 1.82) is 0 Å². The molecule has 1 aliphatic rings. The average Bonchev–Trinajstić information content (AvgIpc) is 3.08. The smallest absolute Gasteiger partial charge is 0.326 e. The second-order valence-electron chi connectivity index (χ2n) is 13.1. The van der Waals surface area contributed by atoms with E-state index in [1.54, 1.807) is 23.9 Å². The van der Waals surface area contributed by atoms with Crippen LogP contribution in [0.2, 0.25) is 0 Å². The molecule has 49 heavy (non-hydrogen) atoms. The summed E-state index contributed by atoms with van der Waals surface area (Å²) in [5.74, 6) is 0.208. The highest BCUT2D eigenvalue weighted by atomic mass is 32.2. The van der Waals surface area contributed by atoms with E-state index in [0.29, 0.717) is 17.7 Å². The number of amides is 1. The quantitative estimate of drug-likeness (QED) is 0.138. The minimum absolute atomic E-state index is 0.156. The first-order valence-corrected chi connectivity index (χ1v) is 20.4. The number of carboxylic acids is 1. The van der Waals surface area contributed by atoms with Crippen LogP contribution in [0, 0.1) is 19.8 Å². The molecule has 4 rings (SSSR count). The van der Waals surface area contributed by atoms with Crippen molar-refractivity contribution in [2.45, 2.75) is 96.0 Å². The van der Waals surface area contributed by atoms with Crippen LogP contribution < -0.4 is 10.5 Å². The molecule has 0 aromatic heterocycles. The number of carbonyl (C=O) groups excluding carboxylic acids is 1. The van der Waals surface area contributed by atoms with Crippen LogP contribution in [0.3, 0.4) is 0 Å². The number of rotatable bonds is 16. The monoisotopic (exact) mass is 709 g/mol. The first kappa shape index (κ1) is 40.3. The number of hydrogen-bond donors (Lipinski definition) is 3. The van der Waals surface area contributed by atoms with Crippen molar-refractivity contribution in [3.05, 3.63) is 89.0 Å². The molecule has 0 heterocycles. The second kappa shape index (κ2) is 20.5. The Labute approximate surface area is 298 Å². The Hall–Kier alpha value is -3.18. The van der Waals surface area contributed by atoms with E-state index in [9.17, 15) is 23.1 Å². The van der Waals surface area contributed by atoms with Gasteiger partial charge in [-0.1, -0.05) is 93.5 Å². The van der Waals surface area contributed by atoms with E-state index >= 15 is 0 Å². The third kappa shape index (κ3) is 13.6. The maximum atomic E-state index is 13.4. The van der Waals surface area contributed by atoms with Crippen molar-refractivity contribution in [3.8, 4) is 11.1 Å². The largest absolute Gasteiger partial charge is 0.480 e. The Morgan fingerprint density at radius 2 is 1.67 bits per heavy atom. The molecule has 268 valence electrons. The fourth-order valence-corrected chi connectivity index (χ4v) is 7.18. The lowest BCUT2D eigenvalue weighted by molar-refractivity contribution is -0.139. The van der Waals surface area contributed by atoms with E-state index < -0.39 is 22.0 Å². The summed E-state index contributed by atoms with van der Waals surface area (Å²) >= 11 is 1.58. The van der Waals surface area contributed by atoms with Crippen LogP contribution in [0.1, 0.15) is 91.8 Å². The molecule has 1 aliphatic carbocycles. The van der Waals surface area contributed by atoms with Crippen LogP contribution in [0.4, 0.5) is 0 Å². The van der Waals surface area contributed by atoms with E-state index in [4.69, 9.17) is 5.14 Å². The Bertz CT molecular complexity index is 1590. The lowest BCUT2D eigenvalue weighted by Gasteiger charge is -2.27. The summed E-state index contributed by atoms with van der Waals surface area (Å²) in [4.78, 5) is 27.9. The van der Waals surface area contributed by atoms with Gasteiger partial charge in [0, 0.05) is 12.1 Å². The summed E-state index contributed by atoms with van der Waals surface area (Å²) in [6.45, 7) is 9.24. The average molecular weight is 710 g/mol. The van der Waals surface area contributed by atoms with Gasteiger partial charge < -0.3 is 10.4 Å². The minimum Gasteiger partial charge on any atom is -0.480 e. The number of sulfonamides is 1. The van der Waals surface area contributed by atoms with E-state index in [1.165, 1.54) is 69.1 Å². The van der Waals surface area contributed by atoms with Crippen LogP contribution in [-0.4, -0.2) is 61.4 Å². The van der Waals surface area contributed by atoms with E-state index in [0.717, 1.165) is 47.8 Å². The van der Waals surface area contributed by atoms with Crippen LogP contribution in [0.5, 0.6) is 0 Å². The third-order valence-electron chi connectivity index (χ3n) is 9.14. The van der Waals surface area contributed by atoms with Crippen molar-refractivity contribution in [2.75, 3.05) is 25.1 Å². The number of nitrogens with zero attached hydrogens (tertiary/aromatic N) is 1. The van der Waals surface area contributed by atoms with Gasteiger partial charge in [0.25, 0.3) is 5.91 Å². The van der Waals surface area contributed by atoms with Crippen molar-refractivity contribution in [3.63, 3.8) is 0 Å². The molecular formula is C39H55N3O5S2. The summed E-state index contributed by atoms with van der Waals surface area (Å²) in [7, 11) is -3.52. The molecule has 8 nitrogen and oxygen atoms in total. The molecule has 1 saturated carbocycles. The number of aliphatic carboxylic acids is 1. The van der Waals surface area contributed by atoms with Crippen molar-refractivity contribution in [1.82, 2.24) is 10.2 Å². The lowest BCUT2D eigenvalue weighted by atomic mass is 9.87. The molecule has 0 aliphatic heterocycles. The zero-order valence-electron chi connectivity index (χ0n) is 29.6. The van der Waals surface area contributed by atoms with Gasteiger partial charge in [0.1, 0.15) is 6.04 Å². The van der Waals surface area contributed by atoms with E-state index in [1.807, 2.05) is 43.5 Å². The number of benzene rings is 3. The van der Waals surface area contributed by atoms with Gasteiger partial charge in [-0.2, -0.15) is 11.8 Å². The topological polar surface area (TPSA) is 130 Å². The number of aryl methyl sites for hydroxylation is 2. The van der Waals surface area contributed by atoms with Gasteiger partial charge in [0.2, 0.25) is 10.0 Å². The van der Waals surface area contributed by atoms with Crippen molar-refractivity contribution in [2.24, 2.45) is 11.1 Å². The summed E-state index contributed by atoms with van der Waals surface area (Å²) in [6, 6.07) is 19.7. The number of carboxylic acid groups (broad SMARTS) is 1. The minimum atomic E-state index is -3.52. The van der Waals surface area contributed by atoms with Crippen LogP contribution in [0.25, 0.3) is 11.1 Å². The van der Waals surface area contributed by atoms with Gasteiger partial charge in [0.05, 0.1) is 4.90 Å². The summed E-state index contributed by atoms with van der Waals surface area (Å²) in [5.41, 5.74) is 5.71. The van der Waals surface area contributed by atoms with Crippen LogP contribution >= 0.6 is 11.8 Å². The molecular weight excluding hydrogens is 655 g/mol. The summed E-state index contributed by atoms with van der Waals surface area (Å²) in [5, 5.41) is 17.3. The number of primary sulfonamides is 1. The van der Waals surface area contributed by atoms with Crippen molar-refractivity contribution >= 4 is 33.7 Å². The standard InChI is InChI=1S/C32H46N2O3S.C7H9NO2S/c1-4-5-19-34(20-17-25-12-7-6-8-13-25)23-26-15-16-28(29(22-26)27-14-10-9-11-24(27)2)31(35)33-30(32(36)37)18-21-38-3;1-6-2-4-7(5-3-6)11(8,9)10/h9-11,14-16,22,25,30H,4-8,12-13,17-21,23H2,1-3H3,(H,33,35)(H,36,37);2-5H,1H3,(H2,8,9,10)/t30-;/m0./s1. The summed E-state index contributed by atoms with van der Waals surface area (Å²) < 4.78 is 21.4. The number of nitrogens with one attached hydrogen (secondary N) is 1. The van der Waals surface area contributed by atoms with Gasteiger partial charge in [-0.3, -0.25) is 9.69 Å². The highest BCUT2D eigenvalue weighted by Gasteiger charge is 2.23. The molecule has 3 aromatic carbocycles. The molecule has 10 heteroatoms. The molecule has 0 spiro atoms. The molecule has 1 atom stereocenters. The molecule has 1 fully saturated rings. The van der Waals surface area contributed by atoms with Gasteiger partial charge in [-0.05, 0) is 111 Å². The third-order valence-corrected chi connectivity index (χ3v) is 10.7. The highest BCUT2D eigenvalue weighted by molar-refractivity contribution is 7.98. The Kier molecular flexibility index (Phi) is 16.8. The number of thioether (sulfide) groups is 1. The first-order valence-electron chi connectivity index (χ1n) is 17.5. The highest BCUT2D eigenvalue weighted by Crippen LogP contribution is 2.30. The Balaban J connectivity index is 0.000000501. The SMILES string of the molecule is CCCCN(CCC1CCCCC1)Cc1ccc(C(=O)N[C@@H](CCSC)C(=O)O)c(-c2ccccc2C)c1.Cc1ccc(S(N)(=O)=O)cc1. The molecule has 0 bridgehead atoms. The van der Waals surface area contributed by atoms with Gasteiger partial charge in [0.15, 0.2) is 0 Å². The fourth-order valence-electron chi connectivity index (χ4n) is 6.19. The molecule has 4 N–H and O–H groups in total. The number of hydrogen-bond acceptors (Lipinski definition) is 6. The Morgan fingerprint density at radius 3 is 2.29 bits per heavy atom. The molecule has 1 amide bonds. The fraction of sp³-hybridized carbons (Fsp3) is 0.487. The summed E-state index contributed by atoms with van der Waals surface area (Å²) in [6.07, 6.45) is 12.9. The zero-order valence-corrected chi connectivity index (χ0v) is 31.3. The maximum absolute atomic E-state index is 13.4. The van der Waals surface area contributed by atoms with Crippen LogP contribution in [0.15, 0.2) is 71.6 Å². The molecule has 3 aromatic rings. The predicted molar refractivity (Wildman–Crippen MR) is 202 cm³/mol. The lowest BCUT2D eigenvalue weighted by Crippen LogP contribution is -2.41. The normalized spacial score (nSPS) is 14.2. The second-order valence-corrected chi connectivity index (χ2v) is 15.7. The van der Waals surface area contributed by atoms with Crippen molar-refractivity contribution < 1.29 is 23.1 Å². The maximum Gasteiger partial charge on any atom is 0.326 e. The molecule has 0 radical (unpaired) electrons. The molecule has 0 saturated heterocycles. The van der Waals surface area contributed by atoms with E-state index in [2.05, 4.69) is 36.2 Å². The first-order chi connectivity index (χ1) is 23.4. The van der Waals surface area contributed by atoms with Crippen LogP contribution in [-0.2, 0) is 21.4 Å². The van der Waals surface area contributed by atoms with Gasteiger partial charge >= 0.3 is 5.97 Å². The van der Waals surface area contributed by atoms with Gasteiger partial charge in [-0.25, -0.2) is 18.4 Å². The molecule has 0 unspecified atom stereocenters. The predicted octanol–water partition coefficient (Wildman–Crippen LogP) is 7.81.